The fourth-order valence-electron chi connectivity index (χ4n) is 4.79. The van der Waals surface area contributed by atoms with Gasteiger partial charge in [-0.2, -0.15) is 0 Å². The molecule has 0 N–H and O–H groups in total. The van der Waals surface area contributed by atoms with Crippen LogP contribution in [0.15, 0.2) is 121 Å². The number of carbonyl (C=O) groups excluding carboxylic acids is 2. The molecule has 6 nitrogen and oxygen atoms in total. The zero-order valence-electron chi connectivity index (χ0n) is 18.3. The Kier molecular flexibility index (Phi) is 4.77. The summed E-state index contributed by atoms with van der Waals surface area (Å²) >= 11 is 0. The van der Waals surface area contributed by atoms with E-state index >= 15 is 0 Å². The molecule has 2 unspecified atom stereocenters. The summed E-state index contributed by atoms with van der Waals surface area (Å²) in [5.41, 5.74) is 3.19. The maximum absolute atomic E-state index is 14.1. The Bertz CT molecular complexity index is 1210. The van der Waals surface area contributed by atoms with Crippen molar-refractivity contribution < 1.29 is 9.59 Å². The normalized spacial score (nSPS) is 19.6. The first-order chi connectivity index (χ1) is 16.8. The van der Waals surface area contributed by atoms with E-state index < -0.39 is 12.3 Å². The number of benzene rings is 4. The number of urea groups is 2. The third kappa shape index (κ3) is 3.03. The van der Waals surface area contributed by atoms with E-state index in [0.29, 0.717) is 0 Å². The lowest BCUT2D eigenvalue weighted by atomic mass is 10.1. The monoisotopic (exact) mass is 446 g/mol. The maximum atomic E-state index is 14.1. The Morgan fingerprint density at radius 1 is 0.412 bits per heavy atom. The maximum Gasteiger partial charge on any atom is 0.347 e. The predicted molar refractivity (Wildman–Crippen MR) is 131 cm³/mol. The molecule has 2 heterocycles. The Morgan fingerprint density at radius 3 is 1.03 bits per heavy atom. The van der Waals surface area contributed by atoms with Crippen molar-refractivity contribution in [3.8, 4) is 0 Å². The smallest absolute Gasteiger partial charge is 0.266 e. The van der Waals surface area contributed by atoms with Crippen molar-refractivity contribution >= 4 is 23.4 Å². The average Bonchev–Trinajstić information content (AvgIpc) is 3.38. The van der Waals surface area contributed by atoms with E-state index in [4.69, 9.17) is 0 Å². The van der Waals surface area contributed by atoms with Crippen LogP contribution in [0.5, 0.6) is 0 Å². The van der Waals surface area contributed by atoms with Crippen LogP contribution in [0, 0.1) is 0 Å². The molecule has 6 heteroatoms. The van der Waals surface area contributed by atoms with Crippen LogP contribution in [0.4, 0.5) is 21.0 Å². The van der Waals surface area contributed by atoms with E-state index in [2.05, 4.69) is 0 Å². The highest BCUT2D eigenvalue weighted by Gasteiger charge is 2.59. The SMILES string of the molecule is O=C1N(c2ccccc2)C(c2ccccc2)N2C(=O)N(c3ccccc3)C(c3ccccc3)N12. The summed E-state index contributed by atoms with van der Waals surface area (Å²) in [7, 11) is 0. The molecule has 2 aliphatic rings. The minimum Gasteiger partial charge on any atom is -0.266 e. The van der Waals surface area contributed by atoms with Crippen LogP contribution in [0.2, 0.25) is 0 Å². The Hall–Kier alpha value is -4.58. The summed E-state index contributed by atoms with van der Waals surface area (Å²) in [6.45, 7) is 0. The van der Waals surface area contributed by atoms with E-state index in [0.717, 1.165) is 22.5 Å². The third-order valence-corrected chi connectivity index (χ3v) is 6.25. The quantitative estimate of drug-likeness (QED) is 0.376. The number of rotatable bonds is 4. The van der Waals surface area contributed by atoms with Gasteiger partial charge >= 0.3 is 12.1 Å². The molecule has 2 atom stereocenters. The lowest BCUT2D eigenvalue weighted by molar-refractivity contribution is 0.0696. The van der Waals surface area contributed by atoms with Gasteiger partial charge in [-0.25, -0.2) is 19.6 Å². The molecule has 4 amide bonds. The van der Waals surface area contributed by atoms with Crippen LogP contribution in [0.25, 0.3) is 0 Å². The van der Waals surface area contributed by atoms with Gasteiger partial charge in [0.15, 0.2) is 12.3 Å². The molecule has 0 radical (unpaired) electrons. The van der Waals surface area contributed by atoms with Gasteiger partial charge in [-0.1, -0.05) is 97.1 Å². The summed E-state index contributed by atoms with van der Waals surface area (Å²) in [5, 5.41) is 3.19. The molecule has 0 bridgehead atoms. The lowest BCUT2D eigenvalue weighted by Gasteiger charge is -2.29. The molecule has 34 heavy (non-hydrogen) atoms. The molecule has 4 aromatic rings. The van der Waals surface area contributed by atoms with Gasteiger partial charge in [0.1, 0.15) is 0 Å². The number of nitrogens with zero attached hydrogens (tertiary/aromatic N) is 4. The van der Waals surface area contributed by atoms with Crippen LogP contribution in [-0.2, 0) is 0 Å². The number of amides is 4. The topological polar surface area (TPSA) is 47.1 Å². The zero-order chi connectivity index (χ0) is 23.1. The van der Waals surface area contributed by atoms with Crippen LogP contribution in [0.1, 0.15) is 23.5 Å². The van der Waals surface area contributed by atoms with Crippen molar-refractivity contribution in [3.05, 3.63) is 132 Å². The molecule has 0 aliphatic carbocycles. The van der Waals surface area contributed by atoms with Gasteiger partial charge in [-0.05, 0) is 35.4 Å². The van der Waals surface area contributed by atoms with Gasteiger partial charge in [0, 0.05) is 11.4 Å². The molecule has 2 saturated heterocycles. The molecule has 4 aromatic carbocycles. The number of anilines is 2. The Balaban J connectivity index is 1.56. The molecule has 2 fully saturated rings. The van der Waals surface area contributed by atoms with Crippen molar-refractivity contribution in [1.82, 2.24) is 10.0 Å². The second-order valence-corrected chi connectivity index (χ2v) is 8.23. The van der Waals surface area contributed by atoms with E-state index in [9.17, 15) is 9.59 Å². The fourth-order valence-corrected chi connectivity index (χ4v) is 4.79. The number of para-hydroxylation sites is 2. The summed E-state index contributed by atoms with van der Waals surface area (Å²) < 4.78 is 0. The predicted octanol–water partition coefficient (Wildman–Crippen LogP) is 6.18. The highest BCUT2D eigenvalue weighted by molar-refractivity contribution is 6.05. The highest BCUT2D eigenvalue weighted by Crippen LogP contribution is 2.49. The average molecular weight is 447 g/mol. The fraction of sp³-hybridized carbons (Fsp3) is 0.0714. The third-order valence-electron chi connectivity index (χ3n) is 6.25. The molecule has 166 valence electrons. The molecule has 2 aliphatic heterocycles. The first-order valence-electron chi connectivity index (χ1n) is 11.2. The molecular weight excluding hydrogens is 424 g/mol. The summed E-state index contributed by atoms with van der Waals surface area (Å²) in [5.74, 6) is 0. The van der Waals surface area contributed by atoms with Crippen molar-refractivity contribution in [2.75, 3.05) is 9.80 Å². The zero-order valence-corrected chi connectivity index (χ0v) is 18.3. The number of fused-ring (bicyclic) bond motifs is 1. The van der Waals surface area contributed by atoms with Crippen molar-refractivity contribution in [3.63, 3.8) is 0 Å². The number of carbonyl (C=O) groups is 2. The second kappa shape index (κ2) is 8.08. The summed E-state index contributed by atoms with van der Waals surface area (Å²) in [6.07, 6.45) is -1.22. The van der Waals surface area contributed by atoms with Crippen LogP contribution < -0.4 is 9.80 Å². The highest BCUT2D eigenvalue weighted by atomic mass is 16.2. The second-order valence-electron chi connectivity index (χ2n) is 8.23. The van der Waals surface area contributed by atoms with Crippen molar-refractivity contribution in [2.45, 2.75) is 12.3 Å². The van der Waals surface area contributed by atoms with E-state index in [-0.39, 0.29) is 12.1 Å². The molecule has 6 rings (SSSR count). The number of hydrogen-bond donors (Lipinski definition) is 0. The Labute approximate surface area is 197 Å². The van der Waals surface area contributed by atoms with Gasteiger partial charge < -0.3 is 0 Å². The molecule has 0 aromatic heterocycles. The number of hydrogen-bond acceptors (Lipinski definition) is 2. The number of hydrazine groups is 1. The summed E-state index contributed by atoms with van der Waals surface area (Å²) in [6, 6.07) is 37.9. The largest absolute Gasteiger partial charge is 0.347 e. The van der Waals surface area contributed by atoms with Crippen molar-refractivity contribution in [1.29, 1.82) is 0 Å². The first-order valence-corrected chi connectivity index (χ1v) is 11.2. The van der Waals surface area contributed by atoms with Crippen molar-refractivity contribution in [2.24, 2.45) is 0 Å². The lowest BCUT2D eigenvalue weighted by Crippen LogP contribution is -2.40. The minimum absolute atomic E-state index is 0.249. The van der Waals surface area contributed by atoms with Gasteiger partial charge in [0.05, 0.1) is 0 Å². The van der Waals surface area contributed by atoms with Gasteiger partial charge in [0.2, 0.25) is 0 Å². The summed E-state index contributed by atoms with van der Waals surface area (Å²) in [4.78, 5) is 31.6. The van der Waals surface area contributed by atoms with Crippen LogP contribution in [0.3, 0.4) is 0 Å². The van der Waals surface area contributed by atoms with Gasteiger partial charge in [-0.3, -0.25) is 9.80 Å². The minimum atomic E-state index is -0.608. The molecule has 0 spiro atoms. The Morgan fingerprint density at radius 2 is 0.706 bits per heavy atom. The van der Waals surface area contributed by atoms with Crippen LogP contribution in [-0.4, -0.2) is 22.1 Å². The van der Waals surface area contributed by atoms with E-state index in [1.807, 2.05) is 121 Å². The van der Waals surface area contributed by atoms with E-state index in [1.54, 1.807) is 19.8 Å². The molecular formula is C28H22N4O2. The standard InChI is InChI=1S/C28H22N4O2/c33-27-29(23-17-9-3-10-18-23)25(21-13-5-1-6-14-21)31-28(34)30(24-19-11-4-12-20-24)26(32(27)31)22-15-7-2-8-16-22/h1-20,25-26H. The van der Waals surface area contributed by atoms with Crippen LogP contribution >= 0.6 is 0 Å². The van der Waals surface area contributed by atoms with Gasteiger partial charge in [-0.15, -0.1) is 0 Å². The first kappa shape index (κ1) is 20.1. The van der Waals surface area contributed by atoms with E-state index in [1.165, 1.54) is 0 Å². The van der Waals surface area contributed by atoms with Gasteiger partial charge in [0.25, 0.3) is 0 Å². The molecule has 0 saturated carbocycles.